The second-order valence-corrected chi connectivity index (χ2v) is 11.0. The predicted octanol–water partition coefficient (Wildman–Crippen LogP) is 4.56. The minimum absolute atomic E-state index is 0.183. The molecule has 2 aromatic heterocycles. The smallest absolute Gasteiger partial charge is 0.315 e. The number of hydrogen-bond acceptors (Lipinski definition) is 10. The molecule has 0 aliphatic carbocycles. The Morgan fingerprint density at radius 3 is 2.58 bits per heavy atom. The van der Waals surface area contributed by atoms with Crippen LogP contribution in [0.5, 0.6) is 0 Å². The Hall–Kier alpha value is -3.08. The quantitative estimate of drug-likeness (QED) is 0.351. The number of carbonyl (C=O) groups excluding carboxylic acids is 1. The number of likely N-dealkylation sites (tertiary alicyclic amines) is 1. The number of nitrogens with zero attached hydrogens (tertiary/aromatic N) is 7. The van der Waals surface area contributed by atoms with Crippen LogP contribution in [0.4, 0.5) is 11.8 Å². The number of piperidine rings is 1. The van der Waals surface area contributed by atoms with E-state index < -0.39 is 0 Å². The molecule has 1 atom stereocenters. The molecule has 214 valence electrons. The van der Waals surface area contributed by atoms with Gasteiger partial charge in [0, 0.05) is 61.8 Å². The summed E-state index contributed by atoms with van der Waals surface area (Å²) in [6, 6.07) is 8.63. The summed E-state index contributed by atoms with van der Waals surface area (Å²) < 4.78 is 5.64. The molecule has 2 aliphatic rings. The molecule has 2 saturated heterocycles. The minimum Gasteiger partial charge on any atom is -0.402 e. The Morgan fingerprint density at radius 1 is 1.10 bits per heavy atom. The summed E-state index contributed by atoms with van der Waals surface area (Å²) in [4.78, 5) is 29.6. The van der Waals surface area contributed by atoms with Gasteiger partial charge in [-0.3, -0.25) is 9.69 Å². The van der Waals surface area contributed by atoms with E-state index in [0.29, 0.717) is 47.7 Å². The van der Waals surface area contributed by atoms with E-state index >= 15 is 0 Å². The lowest BCUT2D eigenvalue weighted by molar-refractivity contribution is 0.0618. The largest absolute Gasteiger partial charge is 0.402 e. The fourth-order valence-electron chi connectivity index (χ4n) is 5.86. The first kappa shape index (κ1) is 28.4. The molecule has 0 spiro atoms. The number of hydrogen-bond donors (Lipinski definition) is 1. The number of halogens is 1. The number of nitrogens with one attached hydrogen (secondary N) is 1. The lowest BCUT2D eigenvalue weighted by Gasteiger charge is -2.47. The van der Waals surface area contributed by atoms with Crippen LogP contribution in [0.15, 0.2) is 34.9 Å². The summed E-state index contributed by atoms with van der Waals surface area (Å²) in [5, 5.41) is 11.8. The first-order valence-corrected chi connectivity index (χ1v) is 14.8. The van der Waals surface area contributed by atoms with Crippen molar-refractivity contribution in [1.82, 2.24) is 30.0 Å². The molecule has 1 N–H and O–H groups in total. The van der Waals surface area contributed by atoms with Crippen molar-refractivity contribution in [3.05, 3.63) is 46.7 Å². The summed E-state index contributed by atoms with van der Waals surface area (Å²) >= 11 is 5.95. The summed E-state index contributed by atoms with van der Waals surface area (Å²) in [6.45, 7) is 12.7. The first-order chi connectivity index (χ1) is 19.4. The van der Waals surface area contributed by atoms with Crippen LogP contribution in [0.25, 0.3) is 11.6 Å². The van der Waals surface area contributed by atoms with Crippen LogP contribution < -0.4 is 10.2 Å². The molecular weight excluding hydrogens is 528 g/mol. The zero-order chi connectivity index (χ0) is 28.1. The Bertz CT molecular complexity index is 1280. The zero-order valence-electron chi connectivity index (χ0n) is 23.6. The fourth-order valence-corrected chi connectivity index (χ4v) is 5.98. The van der Waals surface area contributed by atoms with E-state index in [1.807, 2.05) is 26.0 Å². The standard InChI is InChI=1S/C29H39ClN8O2/c1-4-23-19-37(27-20(3)33-25(18-32-27)28-34-35-29(40-28)31-5-2)16-17-38(23)24-10-13-36(14-11-24)15-12-26(39)21-6-8-22(30)9-7-21/h6-9,18,23-24H,4-5,10-17,19H2,1-3H3,(H,31,35)/t23-/m0/s1. The van der Waals surface area contributed by atoms with Crippen molar-refractivity contribution in [2.24, 2.45) is 0 Å². The monoisotopic (exact) mass is 566 g/mol. The maximum Gasteiger partial charge on any atom is 0.315 e. The molecule has 3 aromatic rings. The van der Waals surface area contributed by atoms with Gasteiger partial charge in [0.05, 0.1) is 11.9 Å². The molecule has 11 heteroatoms. The second kappa shape index (κ2) is 13.1. The average molecular weight is 567 g/mol. The van der Waals surface area contributed by atoms with Crippen molar-refractivity contribution in [2.75, 3.05) is 56.0 Å². The SMILES string of the molecule is CCNc1nnc(-c2cnc(N3CCN(C4CCN(CCC(=O)c5ccc(Cl)cc5)CC4)[C@@H](CC)C3)c(C)n2)o1. The highest BCUT2D eigenvalue weighted by atomic mass is 35.5. The van der Waals surface area contributed by atoms with Gasteiger partial charge in [0.2, 0.25) is 0 Å². The predicted molar refractivity (Wildman–Crippen MR) is 157 cm³/mol. The lowest BCUT2D eigenvalue weighted by atomic mass is 9.97. The Balaban J connectivity index is 1.13. The van der Waals surface area contributed by atoms with Gasteiger partial charge in [-0.2, -0.15) is 0 Å². The number of Topliss-reactive ketones (excluding diaryl/α,β-unsaturated/α-hetero) is 1. The molecule has 0 bridgehead atoms. The zero-order valence-corrected chi connectivity index (χ0v) is 24.4. The van der Waals surface area contributed by atoms with E-state index in [0.717, 1.165) is 75.6 Å². The third-order valence-electron chi connectivity index (χ3n) is 8.04. The van der Waals surface area contributed by atoms with Crippen molar-refractivity contribution in [2.45, 2.75) is 58.5 Å². The average Bonchev–Trinajstić information content (AvgIpc) is 3.45. The maximum absolute atomic E-state index is 12.6. The number of ketones is 1. The highest BCUT2D eigenvalue weighted by Gasteiger charge is 2.34. The molecular formula is C29H39ClN8O2. The summed E-state index contributed by atoms with van der Waals surface area (Å²) in [7, 11) is 0. The van der Waals surface area contributed by atoms with Gasteiger partial charge in [-0.1, -0.05) is 23.6 Å². The van der Waals surface area contributed by atoms with Crippen molar-refractivity contribution in [1.29, 1.82) is 0 Å². The minimum atomic E-state index is 0.183. The fraction of sp³-hybridized carbons (Fsp3) is 0.552. The van der Waals surface area contributed by atoms with E-state index in [-0.39, 0.29) is 5.78 Å². The third-order valence-corrected chi connectivity index (χ3v) is 8.29. The van der Waals surface area contributed by atoms with Crippen LogP contribution in [-0.4, -0.2) is 93.6 Å². The van der Waals surface area contributed by atoms with Gasteiger partial charge in [-0.05, 0) is 70.5 Å². The second-order valence-electron chi connectivity index (χ2n) is 10.6. The molecule has 0 amide bonds. The van der Waals surface area contributed by atoms with Crippen molar-refractivity contribution < 1.29 is 9.21 Å². The Labute approximate surface area is 241 Å². The van der Waals surface area contributed by atoms with Gasteiger partial charge in [-0.25, -0.2) is 9.97 Å². The van der Waals surface area contributed by atoms with E-state index in [1.165, 1.54) is 0 Å². The number of anilines is 2. The summed E-state index contributed by atoms with van der Waals surface area (Å²) in [6.07, 6.45) is 5.64. The van der Waals surface area contributed by atoms with Crippen LogP contribution in [-0.2, 0) is 0 Å². The van der Waals surface area contributed by atoms with Gasteiger partial charge in [-0.15, -0.1) is 5.10 Å². The molecule has 5 rings (SSSR count). The van der Waals surface area contributed by atoms with Gasteiger partial charge >= 0.3 is 6.01 Å². The van der Waals surface area contributed by atoms with E-state index in [9.17, 15) is 4.79 Å². The summed E-state index contributed by atoms with van der Waals surface area (Å²) in [5.41, 5.74) is 2.20. The lowest BCUT2D eigenvalue weighted by Crippen LogP contribution is -2.58. The van der Waals surface area contributed by atoms with Gasteiger partial charge in [0.25, 0.3) is 5.89 Å². The van der Waals surface area contributed by atoms with Gasteiger partial charge in [0.15, 0.2) is 5.78 Å². The number of aromatic nitrogens is 4. The molecule has 2 fully saturated rings. The van der Waals surface area contributed by atoms with E-state index in [1.54, 1.807) is 18.3 Å². The topological polar surface area (TPSA) is 104 Å². The Kier molecular flexibility index (Phi) is 9.29. The van der Waals surface area contributed by atoms with E-state index in [4.69, 9.17) is 26.0 Å². The maximum atomic E-state index is 12.6. The first-order valence-electron chi connectivity index (χ1n) is 14.4. The van der Waals surface area contributed by atoms with E-state index in [2.05, 4.69) is 37.1 Å². The molecule has 4 heterocycles. The van der Waals surface area contributed by atoms with Crippen molar-refractivity contribution in [3.63, 3.8) is 0 Å². The van der Waals surface area contributed by atoms with Crippen LogP contribution in [0, 0.1) is 6.92 Å². The number of benzene rings is 1. The Morgan fingerprint density at radius 2 is 1.88 bits per heavy atom. The molecule has 1 aromatic carbocycles. The molecule has 40 heavy (non-hydrogen) atoms. The number of aryl methyl sites for hydroxylation is 1. The highest BCUT2D eigenvalue weighted by Crippen LogP contribution is 2.28. The molecule has 0 radical (unpaired) electrons. The normalized spacial score (nSPS) is 19.2. The van der Waals surface area contributed by atoms with Crippen molar-refractivity contribution in [3.8, 4) is 11.6 Å². The summed E-state index contributed by atoms with van der Waals surface area (Å²) in [5.74, 6) is 1.48. The molecule has 10 nitrogen and oxygen atoms in total. The van der Waals surface area contributed by atoms with Crippen LogP contribution >= 0.6 is 11.6 Å². The van der Waals surface area contributed by atoms with Crippen LogP contribution in [0.1, 0.15) is 55.6 Å². The third kappa shape index (κ3) is 6.62. The highest BCUT2D eigenvalue weighted by molar-refractivity contribution is 6.30. The number of carbonyl (C=O) groups is 1. The molecule has 2 aliphatic heterocycles. The number of rotatable bonds is 10. The molecule has 0 saturated carbocycles. The van der Waals surface area contributed by atoms with Crippen molar-refractivity contribution >= 4 is 29.2 Å². The molecule has 0 unspecified atom stereocenters. The van der Waals surface area contributed by atoms with Crippen LogP contribution in [0.2, 0.25) is 5.02 Å². The number of piperazine rings is 1. The van der Waals surface area contributed by atoms with Crippen LogP contribution in [0.3, 0.4) is 0 Å². The van der Waals surface area contributed by atoms with Gasteiger partial charge in [0.1, 0.15) is 11.5 Å². The van der Waals surface area contributed by atoms with Gasteiger partial charge < -0.3 is 19.5 Å².